The number of amides is 1. The molecule has 2 heterocycles. The molecule has 2 N–H and O–H groups in total. The molecule has 0 radical (unpaired) electrons. The molecule has 0 saturated carbocycles. The second-order valence-electron chi connectivity index (χ2n) is 7.17. The molecule has 7 nitrogen and oxygen atoms in total. The van der Waals surface area contributed by atoms with Gasteiger partial charge in [0.25, 0.3) is 5.91 Å². The minimum absolute atomic E-state index is 0.0867. The van der Waals surface area contributed by atoms with E-state index < -0.39 is 0 Å². The highest BCUT2D eigenvalue weighted by atomic mass is 16.5. The standard InChI is InChI=1S/C23H23N5O2/c1-15(2)25-23(29)17-4-8-18(9-5-17)26-22-21(16-6-10-19(30-3)11-7-16)27-20-14-24-12-13-28(20)22/h4-15,26H,1-3H3,(H,25,29). The van der Waals surface area contributed by atoms with E-state index in [1.54, 1.807) is 31.6 Å². The highest BCUT2D eigenvalue weighted by Gasteiger charge is 2.15. The number of nitrogens with zero attached hydrogens (tertiary/aromatic N) is 3. The highest BCUT2D eigenvalue weighted by molar-refractivity contribution is 5.94. The molecule has 0 aliphatic carbocycles. The highest BCUT2D eigenvalue weighted by Crippen LogP contribution is 2.32. The molecule has 2 aromatic heterocycles. The third-order valence-corrected chi connectivity index (χ3v) is 4.62. The van der Waals surface area contributed by atoms with E-state index >= 15 is 0 Å². The molecule has 2 aromatic carbocycles. The van der Waals surface area contributed by atoms with Crippen LogP contribution in [-0.4, -0.2) is 33.4 Å². The second kappa shape index (κ2) is 8.24. The van der Waals surface area contributed by atoms with Crippen molar-refractivity contribution in [2.24, 2.45) is 0 Å². The molecule has 0 aliphatic heterocycles. The van der Waals surface area contributed by atoms with Crippen LogP contribution < -0.4 is 15.4 Å². The number of anilines is 2. The van der Waals surface area contributed by atoms with Gasteiger partial charge in [0.15, 0.2) is 5.65 Å². The number of fused-ring (bicyclic) bond motifs is 1. The van der Waals surface area contributed by atoms with E-state index in [9.17, 15) is 4.79 Å². The quantitative estimate of drug-likeness (QED) is 0.504. The maximum absolute atomic E-state index is 12.2. The van der Waals surface area contributed by atoms with Crippen LogP contribution >= 0.6 is 0 Å². The summed E-state index contributed by atoms with van der Waals surface area (Å²) in [6, 6.07) is 15.2. The van der Waals surface area contributed by atoms with Gasteiger partial charge in [-0.2, -0.15) is 0 Å². The van der Waals surface area contributed by atoms with Crippen LogP contribution in [0.1, 0.15) is 24.2 Å². The monoisotopic (exact) mass is 401 g/mol. The number of hydrogen-bond donors (Lipinski definition) is 2. The van der Waals surface area contributed by atoms with Crippen LogP contribution in [-0.2, 0) is 0 Å². The Hall–Kier alpha value is -3.87. The van der Waals surface area contributed by atoms with E-state index in [0.717, 1.165) is 34.2 Å². The summed E-state index contributed by atoms with van der Waals surface area (Å²) < 4.78 is 7.21. The van der Waals surface area contributed by atoms with Crippen molar-refractivity contribution >= 4 is 23.1 Å². The molecule has 0 saturated heterocycles. The maximum atomic E-state index is 12.2. The average Bonchev–Trinajstić information content (AvgIpc) is 3.12. The van der Waals surface area contributed by atoms with Gasteiger partial charge in [0.2, 0.25) is 0 Å². The van der Waals surface area contributed by atoms with Gasteiger partial charge in [0, 0.05) is 35.2 Å². The zero-order valence-corrected chi connectivity index (χ0v) is 17.1. The Kier molecular flexibility index (Phi) is 5.34. The van der Waals surface area contributed by atoms with Crippen LogP contribution in [0, 0.1) is 0 Å². The first kappa shape index (κ1) is 19.4. The Balaban J connectivity index is 1.68. The molecule has 152 valence electrons. The van der Waals surface area contributed by atoms with Gasteiger partial charge in [-0.3, -0.25) is 14.2 Å². The van der Waals surface area contributed by atoms with Crippen molar-refractivity contribution in [1.29, 1.82) is 0 Å². The Morgan fingerprint density at radius 1 is 1.07 bits per heavy atom. The van der Waals surface area contributed by atoms with E-state index in [1.165, 1.54) is 0 Å². The summed E-state index contributed by atoms with van der Waals surface area (Å²) in [5.41, 5.74) is 3.96. The van der Waals surface area contributed by atoms with E-state index in [4.69, 9.17) is 9.72 Å². The molecule has 7 heteroatoms. The number of benzene rings is 2. The van der Waals surface area contributed by atoms with Gasteiger partial charge in [-0.1, -0.05) is 0 Å². The fraction of sp³-hybridized carbons (Fsp3) is 0.174. The minimum atomic E-state index is -0.0867. The third-order valence-electron chi connectivity index (χ3n) is 4.62. The number of ether oxygens (including phenoxy) is 1. The second-order valence-corrected chi connectivity index (χ2v) is 7.17. The number of carbonyl (C=O) groups is 1. The topological polar surface area (TPSA) is 80.6 Å². The van der Waals surface area contributed by atoms with Crippen LogP contribution in [0.4, 0.5) is 11.5 Å². The SMILES string of the molecule is COc1ccc(-c2nc3cnccn3c2Nc2ccc(C(=O)NC(C)C)cc2)cc1. The molecule has 4 aromatic rings. The predicted molar refractivity (Wildman–Crippen MR) is 117 cm³/mol. The number of carbonyl (C=O) groups excluding carboxylic acids is 1. The summed E-state index contributed by atoms with van der Waals surface area (Å²) in [4.78, 5) is 21.1. The maximum Gasteiger partial charge on any atom is 0.251 e. The van der Waals surface area contributed by atoms with Crippen molar-refractivity contribution < 1.29 is 9.53 Å². The smallest absolute Gasteiger partial charge is 0.251 e. The lowest BCUT2D eigenvalue weighted by Crippen LogP contribution is -2.29. The van der Waals surface area contributed by atoms with Gasteiger partial charge in [0.1, 0.15) is 17.3 Å². The third kappa shape index (κ3) is 3.96. The molecule has 1 amide bonds. The summed E-state index contributed by atoms with van der Waals surface area (Å²) >= 11 is 0. The van der Waals surface area contributed by atoms with E-state index in [0.29, 0.717) is 5.56 Å². The van der Waals surface area contributed by atoms with Gasteiger partial charge >= 0.3 is 0 Å². The first-order valence-corrected chi connectivity index (χ1v) is 9.69. The van der Waals surface area contributed by atoms with Gasteiger partial charge in [0.05, 0.1) is 13.3 Å². The van der Waals surface area contributed by atoms with Crippen molar-refractivity contribution in [3.63, 3.8) is 0 Å². The number of aromatic nitrogens is 3. The number of nitrogens with one attached hydrogen (secondary N) is 2. The van der Waals surface area contributed by atoms with Crippen LogP contribution in [0.25, 0.3) is 16.9 Å². The number of rotatable bonds is 6. The first-order valence-electron chi connectivity index (χ1n) is 9.69. The van der Waals surface area contributed by atoms with Crippen molar-refractivity contribution in [3.05, 3.63) is 72.7 Å². The van der Waals surface area contributed by atoms with Gasteiger partial charge < -0.3 is 15.4 Å². The van der Waals surface area contributed by atoms with Crippen molar-refractivity contribution in [1.82, 2.24) is 19.7 Å². The zero-order chi connectivity index (χ0) is 21.1. The molecule has 0 unspecified atom stereocenters. The van der Waals surface area contributed by atoms with Crippen LogP contribution in [0.15, 0.2) is 67.1 Å². The van der Waals surface area contributed by atoms with Crippen LogP contribution in [0.2, 0.25) is 0 Å². The van der Waals surface area contributed by atoms with Crippen molar-refractivity contribution in [2.75, 3.05) is 12.4 Å². The fourth-order valence-electron chi connectivity index (χ4n) is 3.16. The van der Waals surface area contributed by atoms with E-state index in [1.807, 2.05) is 60.8 Å². The molecular formula is C23H23N5O2. The minimum Gasteiger partial charge on any atom is -0.497 e. The van der Waals surface area contributed by atoms with E-state index in [-0.39, 0.29) is 11.9 Å². The normalized spacial score (nSPS) is 10.9. The molecule has 4 rings (SSSR count). The van der Waals surface area contributed by atoms with Crippen LogP contribution in [0.3, 0.4) is 0 Å². The lowest BCUT2D eigenvalue weighted by molar-refractivity contribution is 0.0943. The summed E-state index contributed by atoms with van der Waals surface area (Å²) in [5, 5.41) is 6.34. The van der Waals surface area contributed by atoms with Gasteiger partial charge in [-0.15, -0.1) is 0 Å². The summed E-state index contributed by atoms with van der Waals surface area (Å²) in [6.45, 7) is 3.88. The summed E-state index contributed by atoms with van der Waals surface area (Å²) in [6.07, 6.45) is 5.30. The molecule has 0 spiro atoms. The molecule has 0 aliphatic rings. The molecule has 0 atom stereocenters. The Bertz CT molecular complexity index is 1160. The summed E-state index contributed by atoms with van der Waals surface area (Å²) in [7, 11) is 1.64. The van der Waals surface area contributed by atoms with Crippen molar-refractivity contribution in [2.45, 2.75) is 19.9 Å². The number of hydrogen-bond acceptors (Lipinski definition) is 5. The molecular weight excluding hydrogens is 378 g/mol. The lowest BCUT2D eigenvalue weighted by Gasteiger charge is -2.11. The number of imidazole rings is 1. The fourth-order valence-corrected chi connectivity index (χ4v) is 3.16. The van der Waals surface area contributed by atoms with E-state index in [2.05, 4.69) is 15.6 Å². The predicted octanol–water partition coefficient (Wildman–Crippen LogP) is 4.29. The molecule has 30 heavy (non-hydrogen) atoms. The Morgan fingerprint density at radius 3 is 2.47 bits per heavy atom. The Morgan fingerprint density at radius 2 is 1.80 bits per heavy atom. The van der Waals surface area contributed by atoms with Gasteiger partial charge in [-0.05, 0) is 62.4 Å². The Labute approximate surface area is 174 Å². The first-order chi connectivity index (χ1) is 14.5. The zero-order valence-electron chi connectivity index (χ0n) is 17.1. The average molecular weight is 401 g/mol. The molecule has 0 bridgehead atoms. The summed E-state index contributed by atoms with van der Waals surface area (Å²) in [5.74, 6) is 1.52. The number of methoxy groups -OCH3 is 1. The van der Waals surface area contributed by atoms with Crippen LogP contribution in [0.5, 0.6) is 5.75 Å². The lowest BCUT2D eigenvalue weighted by atomic mass is 10.1. The largest absolute Gasteiger partial charge is 0.497 e. The van der Waals surface area contributed by atoms with Gasteiger partial charge in [-0.25, -0.2) is 4.98 Å². The molecule has 0 fully saturated rings. The van der Waals surface area contributed by atoms with Crippen molar-refractivity contribution in [3.8, 4) is 17.0 Å².